The predicted molar refractivity (Wildman–Crippen MR) is 78.8 cm³/mol. The molecule has 3 rings (SSSR count). The van der Waals surface area contributed by atoms with E-state index in [2.05, 4.69) is 23.4 Å². The van der Waals surface area contributed by atoms with E-state index in [1.54, 1.807) is 0 Å². The lowest BCUT2D eigenvalue weighted by Gasteiger charge is -2.15. The van der Waals surface area contributed by atoms with Crippen molar-refractivity contribution in [2.24, 2.45) is 5.41 Å². The molecule has 4 heteroatoms. The summed E-state index contributed by atoms with van der Waals surface area (Å²) >= 11 is 11.7. The highest BCUT2D eigenvalue weighted by Crippen LogP contribution is 2.50. The highest BCUT2D eigenvalue weighted by Gasteiger charge is 2.41. The van der Waals surface area contributed by atoms with Crippen LogP contribution in [0.15, 0.2) is 12.1 Å². The van der Waals surface area contributed by atoms with Gasteiger partial charge in [-0.2, -0.15) is 0 Å². The van der Waals surface area contributed by atoms with Gasteiger partial charge in [0.1, 0.15) is 0 Å². The van der Waals surface area contributed by atoms with Crippen LogP contribution in [0, 0.1) is 17.1 Å². The molecule has 1 aromatic carbocycles. The van der Waals surface area contributed by atoms with Crippen LogP contribution in [-0.4, -0.2) is 9.55 Å². The van der Waals surface area contributed by atoms with Crippen molar-refractivity contribution in [2.45, 2.75) is 39.7 Å². The fraction of sp³-hybridized carbons (Fsp3) is 0.500. The Morgan fingerprint density at radius 3 is 2.78 bits per heavy atom. The van der Waals surface area contributed by atoms with Gasteiger partial charge in [0.15, 0.2) is 4.77 Å². The first-order chi connectivity index (χ1) is 8.56. The summed E-state index contributed by atoms with van der Waals surface area (Å²) in [5, 5.41) is 0.812. The fourth-order valence-electron chi connectivity index (χ4n) is 2.69. The molecule has 0 radical (unpaired) electrons. The summed E-state index contributed by atoms with van der Waals surface area (Å²) in [7, 11) is 0. The van der Waals surface area contributed by atoms with E-state index < -0.39 is 0 Å². The normalized spacial score (nSPS) is 17.3. The van der Waals surface area contributed by atoms with Crippen molar-refractivity contribution < 1.29 is 0 Å². The van der Waals surface area contributed by atoms with Crippen LogP contribution >= 0.6 is 23.8 Å². The van der Waals surface area contributed by atoms with E-state index in [4.69, 9.17) is 23.8 Å². The zero-order valence-electron chi connectivity index (χ0n) is 10.7. The van der Waals surface area contributed by atoms with Gasteiger partial charge in [-0.05, 0) is 61.5 Å². The lowest BCUT2D eigenvalue weighted by molar-refractivity contribution is 0.412. The number of hydrogen-bond donors (Lipinski definition) is 1. The summed E-state index contributed by atoms with van der Waals surface area (Å²) in [6.07, 6.45) is 3.86. The quantitative estimate of drug-likeness (QED) is 0.797. The molecule has 0 atom stereocenters. The Labute approximate surface area is 117 Å². The average molecular weight is 281 g/mol. The number of fused-ring (bicyclic) bond motifs is 1. The molecule has 2 aromatic rings. The second-order valence-electron chi connectivity index (χ2n) is 5.44. The number of nitrogens with zero attached hydrogens (tertiary/aromatic N) is 1. The third-order valence-electron chi connectivity index (χ3n) is 4.32. The van der Waals surface area contributed by atoms with E-state index in [0.29, 0.717) is 5.41 Å². The minimum absolute atomic E-state index is 0.474. The van der Waals surface area contributed by atoms with Crippen molar-refractivity contribution in [2.75, 3.05) is 0 Å². The molecule has 0 aliphatic heterocycles. The van der Waals surface area contributed by atoms with Crippen LogP contribution < -0.4 is 0 Å². The van der Waals surface area contributed by atoms with Crippen LogP contribution in [0.2, 0.25) is 5.02 Å². The third-order valence-corrected chi connectivity index (χ3v) is 5.05. The number of hydrogen-bond acceptors (Lipinski definition) is 1. The molecule has 1 heterocycles. The van der Waals surface area contributed by atoms with Crippen LogP contribution in [0.4, 0.5) is 0 Å². The number of aryl methyl sites for hydroxylation is 1. The predicted octanol–water partition coefficient (Wildman–Crippen LogP) is 4.85. The molecular formula is C14H17ClN2S. The summed E-state index contributed by atoms with van der Waals surface area (Å²) < 4.78 is 3.05. The lowest BCUT2D eigenvalue weighted by atomic mass is 10.0. The van der Waals surface area contributed by atoms with Gasteiger partial charge in [0.25, 0.3) is 0 Å². The Bertz CT molecular complexity index is 664. The van der Waals surface area contributed by atoms with Gasteiger partial charge in [0.05, 0.1) is 11.0 Å². The van der Waals surface area contributed by atoms with Gasteiger partial charge >= 0.3 is 0 Å². The van der Waals surface area contributed by atoms with Crippen LogP contribution in [-0.2, 0) is 6.54 Å². The maximum absolute atomic E-state index is 6.23. The number of H-pyrrole nitrogens is 1. The molecular weight excluding hydrogens is 264 g/mol. The molecule has 1 N–H and O–H groups in total. The van der Waals surface area contributed by atoms with Gasteiger partial charge in [-0.15, -0.1) is 0 Å². The monoisotopic (exact) mass is 280 g/mol. The molecule has 0 saturated heterocycles. The zero-order chi connectivity index (χ0) is 12.9. The standard InChI is InChI=1S/C14H17ClN2S/c1-3-14(6-7-14)8-17-12-9(2)10(15)4-5-11(12)16-13(17)18/h4-5H,3,6-8H2,1-2H3,(H,16,18). The van der Waals surface area contributed by atoms with Gasteiger partial charge in [-0.3, -0.25) is 0 Å². The highest BCUT2D eigenvalue weighted by molar-refractivity contribution is 7.71. The molecule has 1 aromatic heterocycles. The van der Waals surface area contributed by atoms with Crippen molar-refractivity contribution in [3.8, 4) is 0 Å². The Morgan fingerprint density at radius 2 is 2.17 bits per heavy atom. The van der Waals surface area contributed by atoms with E-state index in [1.807, 2.05) is 12.1 Å². The topological polar surface area (TPSA) is 20.7 Å². The van der Waals surface area contributed by atoms with E-state index >= 15 is 0 Å². The average Bonchev–Trinajstić information content (AvgIpc) is 3.06. The van der Waals surface area contributed by atoms with Crippen molar-refractivity contribution in [1.82, 2.24) is 9.55 Å². The number of benzene rings is 1. The number of aromatic amines is 1. The van der Waals surface area contributed by atoms with Crippen LogP contribution in [0.25, 0.3) is 11.0 Å². The van der Waals surface area contributed by atoms with E-state index in [1.165, 1.54) is 24.8 Å². The van der Waals surface area contributed by atoms with Crippen molar-refractivity contribution in [3.63, 3.8) is 0 Å². The first-order valence-corrected chi connectivity index (χ1v) is 7.22. The maximum Gasteiger partial charge on any atom is 0.178 e. The molecule has 1 saturated carbocycles. The minimum Gasteiger partial charge on any atom is -0.331 e. The van der Waals surface area contributed by atoms with Crippen molar-refractivity contribution >= 4 is 34.9 Å². The van der Waals surface area contributed by atoms with E-state index in [-0.39, 0.29) is 0 Å². The molecule has 1 aliphatic rings. The smallest absolute Gasteiger partial charge is 0.178 e. The van der Waals surface area contributed by atoms with Gasteiger partial charge in [0.2, 0.25) is 0 Å². The molecule has 18 heavy (non-hydrogen) atoms. The molecule has 0 amide bonds. The first kappa shape index (κ1) is 12.2. The summed E-state index contributed by atoms with van der Waals surface area (Å²) in [5.74, 6) is 0. The molecule has 1 fully saturated rings. The maximum atomic E-state index is 6.23. The molecule has 0 spiro atoms. The minimum atomic E-state index is 0.474. The molecule has 0 bridgehead atoms. The number of aromatic nitrogens is 2. The Morgan fingerprint density at radius 1 is 1.44 bits per heavy atom. The number of rotatable bonds is 3. The molecule has 0 unspecified atom stereocenters. The first-order valence-electron chi connectivity index (χ1n) is 6.44. The van der Waals surface area contributed by atoms with Crippen molar-refractivity contribution in [3.05, 3.63) is 27.5 Å². The van der Waals surface area contributed by atoms with Crippen LogP contribution in [0.1, 0.15) is 31.7 Å². The second-order valence-corrected chi connectivity index (χ2v) is 6.23. The summed E-state index contributed by atoms with van der Waals surface area (Å²) in [4.78, 5) is 3.29. The Balaban J connectivity index is 2.19. The summed E-state index contributed by atoms with van der Waals surface area (Å²) in [6.45, 7) is 5.35. The highest BCUT2D eigenvalue weighted by atomic mass is 35.5. The van der Waals surface area contributed by atoms with Crippen molar-refractivity contribution in [1.29, 1.82) is 0 Å². The van der Waals surface area contributed by atoms with E-state index in [9.17, 15) is 0 Å². The van der Waals surface area contributed by atoms with Crippen LogP contribution in [0.5, 0.6) is 0 Å². The molecule has 96 valence electrons. The fourth-order valence-corrected chi connectivity index (χ4v) is 3.11. The van der Waals surface area contributed by atoms with Gasteiger partial charge < -0.3 is 9.55 Å². The SMILES string of the molecule is CCC1(Cn2c(=S)[nH]c3ccc(Cl)c(C)c32)CC1. The van der Waals surface area contributed by atoms with E-state index in [0.717, 1.165) is 27.4 Å². The summed E-state index contributed by atoms with van der Waals surface area (Å²) in [6, 6.07) is 3.95. The lowest BCUT2D eigenvalue weighted by Crippen LogP contribution is -2.11. The Hall–Kier alpha value is -0.800. The van der Waals surface area contributed by atoms with Gasteiger partial charge in [-0.1, -0.05) is 18.5 Å². The van der Waals surface area contributed by atoms with Gasteiger partial charge in [0, 0.05) is 11.6 Å². The van der Waals surface area contributed by atoms with Gasteiger partial charge in [-0.25, -0.2) is 0 Å². The number of halogens is 1. The Kier molecular flexibility index (Phi) is 2.79. The molecule has 2 nitrogen and oxygen atoms in total. The third kappa shape index (κ3) is 1.81. The zero-order valence-corrected chi connectivity index (χ0v) is 12.3. The van der Waals surface area contributed by atoms with Crippen LogP contribution in [0.3, 0.4) is 0 Å². The largest absolute Gasteiger partial charge is 0.331 e. The number of imidazole rings is 1. The summed E-state index contributed by atoms with van der Waals surface area (Å²) in [5.41, 5.74) is 3.86. The second kappa shape index (κ2) is 4.10. The number of nitrogens with one attached hydrogen (secondary N) is 1. The molecule has 1 aliphatic carbocycles.